The second-order valence-corrected chi connectivity index (χ2v) is 26.4. The number of likely N-dealkylation sites (tertiary alicyclic amines) is 2. The zero-order valence-electron chi connectivity index (χ0n) is 52.9. The Kier molecular flexibility index (Phi) is 13.9. The lowest BCUT2D eigenvalue weighted by Gasteiger charge is -2.54. The minimum absolute atomic E-state index is 0.0936. The average molecular weight is 1220 g/mol. The number of fused-ring (bicyclic) bond motifs is 12. The molecule has 11 N–H and O–H groups in total. The van der Waals surface area contributed by atoms with Gasteiger partial charge in [0.05, 0.1) is 90.1 Å². The van der Waals surface area contributed by atoms with Crippen molar-refractivity contribution >= 4 is 100 Å². The number of hydrogen-bond acceptors (Lipinski definition) is 10. The van der Waals surface area contributed by atoms with Crippen LogP contribution in [0.25, 0.3) is 60.4 Å². The van der Waals surface area contributed by atoms with Gasteiger partial charge in [-0.2, -0.15) is 0 Å². The number of piperidine rings is 2. The number of rotatable bonds is 14. The lowest BCUT2D eigenvalue weighted by molar-refractivity contribution is -0.953. The van der Waals surface area contributed by atoms with Gasteiger partial charge in [-0.15, -0.1) is 0 Å². The number of likely N-dealkylation sites (N-methyl/N-ethyl adjacent to an activating group) is 2. The van der Waals surface area contributed by atoms with Crippen molar-refractivity contribution in [2.75, 3.05) is 76.0 Å². The Morgan fingerprint density at radius 1 is 0.446 bits per heavy atom. The molecule has 4 aliphatic heterocycles. The molecule has 4 aliphatic rings. The summed E-state index contributed by atoms with van der Waals surface area (Å²) in [5.74, 6) is 21.5. The molecule has 0 saturated carbocycles. The van der Waals surface area contributed by atoms with Gasteiger partial charge in [-0.25, -0.2) is 11.7 Å². The lowest BCUT2D eigenvalue weighted by Crippen LogP contribution is -2.70. The molecule has 16 rings (SSSR count). The number of aromatic nitrogens is 2. The number of quaternary nitrogens is 2. The quantitative estimate of drug-likeness (QED) is 0.0351. The molecule has 2 fully saturated rings. The minimum Gasteiger partial charge on any atom is -0.399 e. The van der Waals surface area contributed by atoms with E-state index < -0.39 is 0 Å². The van der Waals surface area contributed by atoms with E-state index in [1.54, 1.807) is 4.68 Å². The normalized spacial score (nSPS) is 20.3. The van der Waals surface area contributed by atoms with Crippen molar-refractivity contribution in [3.63, 3.8) is 0 Å². The second kappa shape index (κ2) is 22.3. The van der Waals surface area contributed by atoms with Crippen LogP contribution in [0, 0.1) is 0 Å². The Hall–Kier alpha value is -9.80. The molecular formula is C78H82N14+2. The van der Waals surface area contributed by atoms with Gasteiger partial charge < -0.3 is 46.0 Å². The van der Waals surface area contributed by atoms with Crippen molar-refractivity contribution in [2.45, 2.75) is 76.8 Å². The van der Waals surface area contributed by atoms with Crippen LogP contribution < -0.4 is 54.1 Å². The molecule has 6 atom stereocenters. The number of benzene rings is 10. The summed E-state index contributed by atoms with van der Waals surface area (Å²) in [6, 6.07) is 81.8. The van der Waals surface area contributed by atoms with Crippen molar-refractivity contribution in [1.82, 2.24) is 9.24 Å². The van der Waals surface area contributed by atoms with Crippen molar-refractivity contribution in [3.05, 3.63) is 236 Å². The maximum Gasteiger partial charge on any atom is 0.185 e. The summed E-state index contributed by atoms with van der Waals surface area (Å²) in [6.45, 7) is 15.1. The summed E-state index contributed by atoms with van der Waals surface area (Å²) in [6.07, 6.45) is 2.12. The fraction of sp³-hybridized carbons (Fsp3) is 0.231. The van der Waals surface area contributed by atoms with Crippen LogP contribution in [0.1, 0.15) is 63.5 Å². The van der Waals surface area contributed by atoms with Crippen LogP contribution >= 0.6 is 0 Å². The van der Waals surface area contributed by atoms with Crippen LogP contribution in [0.4, 0.5) is 56.9 Å². The Labute approximate surface area is 538 Å². The first-order valence-corrected chi connectivity index (χ1v) is 33.0. The number of hydrazine groups is 2. The molecule has 0 bridgehead atoms. The van der Waals surface area contributed by atoms with Crippen LogP contribution in [0.2, 0.25) is 0 Å². The Bertz CT molecular complexity index is 4760. The van der Waals surface area contributed by atoms with E-state index in [1.165, 1.54) is 38.8 Å². The first-order valence-electron chi connectivity index (χ1n) is 33.0. The topological polar surface area (TPSA) is 165 Å². The average Bonchev–Trinajstić information content (AvgIpc) is 1.56. The van der Waals surface area contributed by atoms with Gasteiger partial charge >= 0.3 is 0 Å². The molecule has 10 aromatic carbocycles. The maximum absolute atomic E-state index is 7.38. The van der Waals surface area contributed by atoms with E-state index in [9.17, 15) is 0 Å². The first-order chi connectivity index (χ1) is 44.9. The number of nitrogens with two attached hydrogens (primary N) is 5. The van der Waals surface area contributed by atoms with Crippen LogP contribution in [-0.2, 0) is 0 Å². The molecule has 462 valence electrons. The van der Waals surface area contributed by atoms with Gasteiger partial charge in [0.1, 0.15) is 6.54 Å². The fourth-order valence-electron chi connectivity index (χ4n) is 17.4. The highest BCUT2D eigenvalue weighted by Crippen LogP contribution is 2.53. The number of nitrogen functional groups attached to an aromatic ring is 2. The highest BCUT2D eigenvalue weighted by Gasteiger charge is 2.56. The summed E-state index contributed by atoms with van der Waals surface area (Å²) in [7, 11) is 0. The molecule has 92 heavy (non-hydrogen) atoms. The second-order valence-electron chi connectivity index (χ2n) is 26.4. The summed E-state index contributed by atoms with van der Waals surface area (Å²) < 4.78 is 5.89. The van der Waals surface area contributed by atoms with Crippen LogP contribution in [0.15, 0.2) is 224 Å². The van der Waals surface area contributed by atoms with E-state index in [2.05, 4.69) is 264 Å². The van der Waals surface area contributed by atoms with Crippen LogP contribution in [-0.4, -0.2) is 81.9 Å². The molecule has 6 unspecified atom stereocenters. The van der Waals surface area contributed by atoms with E-state index in [-0.39, 0.29) is 36.3 Å². The van der Waals surface area contributed by atoms with Crippen molar-refractivity contribution in [1.29, 1.82) is 0 Å². The van der Waals surface area contributed by atoms with Crippen molar-refractivity contribution in [3.8, 4) is 16.8 Å². The van der Waals surface area contributed by atoms with Gasteiger partial charge in [-0.05, 0) is 208 Å². The Morgan fingerprint density at radius 3 is 1.63 bits per heavy atom. The number of nitrogens with zero attached hydrogens (tertiary/aromatic N) is 8. The predicted molar refractivity (Wildman–Crippen MR) is 383 cm³/mol. The van der Waals surface area contributed by atoms with Gasteiger partial charge in [0.25, 0.3) is 0 Å². The highest BCUT2D eigenvalue weighted by molar-refractivity contribution is 6.12. The van der Waals surface area contributed by atoms with E-state index in [0.717, 1.165) is 145 Å². The molecule has 0 aliphatic carbocycles. The molecule has 14 nitrogen and oxygen atoms in total. The Morgan fingerprint density at radius 2 is 0.946 bits per heavy atom. The maximum atomic E-state index is 7.38. The summed E-state index contributed by atoms with van der Waals surface area (Å²) in [4.78, 5) is 4.99. The zero-order valence-corrected chi connectivity index (χ0v) is 52.9. The van der Waals surface area contributed by atoms with Gasteiger partial charge in [0.2, 0.25) is 0 Å². The molecule has 14 heteroatoms. The number of para-hydroxylation sites is 3. The predicted octanol–water partition coefficient (Wildman–Crippen LogP) is 15.3. The number of hydrogen-bond donors (Lipinski definition) is 6. The molecule has 12 aromatic rings. The van der Waals surface area contributed by atoms with Gasteiger partial charge in [-0.1, -0.05) is 78.9 Å². The zero-order chi connectivity index (χ0) is 62.7. The minimum atomic E-state index is 0.0936. The highest BCUT2D eigenvalue weighted by atomic mass is 15.6. The molecule has 0 radical (unpaired) electrons. The third-order valence-electron chi connectivity index (χ3n) is 21.9. The van der Waals surface area contributed by atoms with Gasteiger partial charge in [0, 0.05) is 72.7 Å². The molecular weight excluding hydrogens is 1130 g/mol. The standard InChI is InChI=1S/C78H82N14/c1-5-91(6-2)48-53(80)42-69-68-45-60(34-40-76(68)90(83)77(69)91)85(56-17-11-9-12-18-56)58-30-23-50(24-31-58)51-25-32-59(33-26-51)86(57-19-13-10-14-20-57)62-47-70-66-44-55(29-38-75(66)89(82)78(70)92(7-3,8-4)49-62)84-54-28-37-72-65(43-54)63-21-15-16-22-71(63)87(72)61-35-39-74-67(46-61)64-41-52(79)27-36-73(64)88(74)81/h9-41,43-46,53,62,69-70,77-78,84H,5-8,42,47-49,79-83H2,1-4H3/q+2. The van der Waals surface area contributed by atoms with E-state index >= 15 is 0 Å². The smallest absolute Gasteiger partial charge is 0.185 e. The van der Waals surface area contributed by atoms with Crippen molar-refractivity contribution in [2.24, 2.45) is 17.4 Å². The fourth-order valence-corrected chi connectivity index (χ4v) is 17.4. The summed E-state index contributed by atoms with van der Waals surface area (Å²) >= 11 is 0. The summed E-state index contributed by atoms with van der Waals surface area (Å²) in [5, 5.41) is 12.5. The molecule has 6 heterocycles. The van der Waals surface area contributed by atoms with E-state index in [4.69, 9.17) is 29.0 Å². The van der Waals surface area contributed by atoms with E-state index in [0.29, 0.717) is 5.69 Å². The van der Waals surface area contributed by atoms with Gasteiger partial charge in [0.15, 0.2) is 12.3 Å². The largest absolute Gasteiger partial charge is 0.399 e. The van der Waals surface area contributed by atoms with Crippen LogP contribution in [0.3, 0.4) is 0 Å². The molecule has 0 amide bonds. The number of nitrogens with one attached hydrogen (secondary N) is 1. The lowest BCUT2D eigenvalue weighted by atomic mass is 9.84. The molecule has 2 saturated heterocycles. The number of anilines is 10. The van der Waals surface area contributed by atoms with Crippen molar-refractivity contribution < 1.29 is 8.97 Å². The van der Waals surface area contributed by atoms with Crippen LogP contribution in [0.5, 0.6) is 0 Å². The SMILES string of the molecule is CC[N+]1(CC)CC(N)CC2c3cc(N(c4ccccc4)c4ccc(-c5ccc(N(c6ccccc6)C6CC7c8cc(Nc9ccc%10c(c9)c9ccccc9n%10-c9ccc%10c(c9)c9cc(N)ccc9n%10N)ccc8N(N)C7[N+](CC)(CC)C6)cc5)cc4)ccc3N(N)C21. The molecule has 2 aromatic heterocycles. The van der Waals surface area contributed by atoms with E-state index in [1.807, 2.05) is 18.2 Å². The Balaban J connectivity index is 0.693. The first kappa shape index (κ1) is 57.4. The third kappa shape index (κ3) is 9.02. The monoisotopic (exact) mass is 1210 g/mol. The summed E-state index contributed by atoms with van der Waals surface area (Å²) in [5.41, 5.74) is 34.0. The molecule has 0 spiro atoms. The third-order valence-corrected chi connectivity index (χ3v) is 21.9. The van der Waals surface area contributed by atoms with Gasteiger partial charge in [-0.3, -0.25) is 14.7 Å².